The summed E-state index contributed by atoms with van der Waals surface area (Å²) < 4.78 is 7.00. The lowest BCUT2D eigenvalue weighted by Crippen LogP contribution is -2.43. The molecular weight excluding hydrogens is 417 g/mol. The lowest BCUT2D eigenvalue weighted by molar-refractivity contribution is 0.179. The van der Waals surface area contributed by atoms with E-state index in [9.17, 15) is 0 Å². The second kappa shape index (κ2) is 11.0. The molecule has 0 aliphatic heterocycles. The van der Waals surface area contributed by atoms with Crippen molar-refractivity contribution >= 4 is 29.9 Å². The lowest BCUT2D eigenvalue weighted by Gasteiger charge is -2.16. The van der Waals surface area contributed by atoms with Crippen LogP contribution in [0.1, 0.15) is 19.5 Å². The van der Waals surface area contributed by atoms with Gasteiger partial charge in [0.2, 0.25) is 0 Å². The fraction of sp³-hybridized carbons (Fsp3) is 0.412. The van der Waals surface area contributed by atoms with E-state index < -0.39 is 0 Å². The number of nitrogens with one attached hydrogen (secondary N) is 2. The largest absolute Gasteiger partial charge is 0.383 e. The molecule has 0 spiro atoms. The first kappa shape index (κ1) is 20.4. The molecule has 2 aromatic rings. The van der Waals surface area contributed by atoms with E-state index in [0.717, 1.165) is 23.9 Å². The van der Waals surface area contributed by atoms with Crippen LogP contribution in [0.5, 0.6) is 0 Å². The molecule has 2 N–H and O–H groups in total. The number of methoxy groups -OCH3 is 1. The first-order valence-electron chi connectivity index (χ1n) is 7.86. The number of nitrogens with zero attached hydrogens (tertiary/aromatic N) is 3. The van der Waals surface area contributed by atoms with Gasteiger partial charge in [-0.15, -0.1) is 24.0 Å². The van der Waals surface area contributed by atoms with Crippen LogP contribution in [0.3, 0.4) is 0 Å². The van der Waals surface area contributed by atoms with Crippen LogP contribution in [-0.2, 0) is 11.3 Å². The Morgan fingerprint density at radius 3 is 2.71 bits per heavy atom. The quantitative estimate of drug-likeness (QED) is 0.393. The third kappa shape index (κ3) is 6.48. The number of rotatable bonds is 7. The van der Waals surface area contributed by atoms with Gasteiger partial charge in [-0.3, -0.25) is 0 Å². The van der Waals surface area contributed by atoms with Crippen LogP contribution < -0.4 is 10.6 Å². The molecule has 6 nitrogen and oxygen atoms in total. The molecule has 0 aliphatic carbocycles. The van der Waals surface area contributed by atoms with E-state index >= 15 is 0 Å². The van der Waals surface area contributed by atoms with Gasteiger partial charge < -0.3 is 15.4 Å². The summed E-state index contributed by atoms with van der Waals surface area (Å²) in [6, 6.07) is 12.2. The van der Waals surface area contributed by atoms with Crippen LogP contribution in [0, 0.1) is 0 Å². The van der Waals surface area contributed by atoms with Crippen molar-refractivity contribution in [1.29, 1.82) is 0 Å². The number of hydrogen-bond acceptors (Lipinski definition) is 3. The Balaban J connectivity index is 0.00000288. The smallest absolute Gasteiger partial charge is 0.191 e. The Kier molecular flexibility index (Phi) is 9.39. The Morgan fingerprint density at radius 2 is 2.04 bits per heavy atom. The van der Waals surface area contributed by atoms with Crippen LogP contribution in [0.25, 0.3) is 5.69 Å². The predicted octanol–water partition coefficient (Wildman–Crippen LogP) is 2.58. The average Bonchev–Trinajstić information content (AvgIpc) is 3.03. The van der Waals surface area contributed by atoms with Crippen LogP contribution in [0.2, 0.25) is 0 Å². The van der Waals surface area contributed by atoms with E-state index in [4.69, 9.17) is 4.74 Å². The molecular formula is C17H26IN5O. The number of aromatic nitrogens is 2. The predicted molar refractivity (Wildman–Crippen MR) is 108 cm³/mol. The summed E-state index contributed by atoms with van der Waals surface area (Å²) in [7, 11) is 1.69. The third-order valence-electron chi connectivity index (χ3n) is 3.21. The van der Waals surface area contributed by atoms with Gasteiger partial charge in [0.05, 0.1) is 24.5 Å². The first-order valence-corrected chi connectivity index (χ1v) is 7.86. The number of aliphatic imine (C=N–C) groups is 1. The molecule has 24 heavy (non-hydrogen) atoms. The third-order valence-corrected chi connectivity index (χ3v) is 3.21. The van der Waals surface area contributed by atoms with Crippen LogP contribution in [0.4, 0.5) is 0 Å². The molecule has 1 unspecified atom stereocenters. The van der Waals surface area contributed by atoms with E-state index in [1.54, 1.807) is 7.11 Å². The number of para-hydroxylation sites is 1. The summed E-state index contributed by atoms with van der Waals surface area (Å²) in [5.41, 5.74) is 1.96. The normalized spacial score (nSPS) is 12.4. The molecule has 0 fully saturated rings. The maximum atomic E-state index is 5.14. The molecule has 0 radical (unpaired) electrons. The van der Waals surface area contributed by atoms with E-state index in [1.165, 1.54) is 0 Å². The minimum atomic E-state index is 0. The van der Waals surface area contributed by atoms with Gasteiger partial charge in [0, 0.05) is 25.9 Å². The fourth-order valence-corrected chi connectivity index (χ4v) is 2.18. The second-order valence-electron chi connectivity index (χ2n) is 5.28. The van der Waals surface area contributed by atoms with Gasteiger partial charge >= 0.3 is 0 Å². The van der Waals surface area contributed by atoms with Gasteiger partial charge in [0.25, 0.3) is 0 Å². The van der Waals surface area contributed by atoms with Gasteiger partial charge in [-0.05, 0) is 32.0 Å². The van der Waals surface area contributed by atoms with Crippen LogP contribution in [-0.4, -0.2) is 42.0 Å². The molecule has 0 bridgehead atoms. The summed E-state index contributed by atoms with van der Waals surface area (Å²) >= 11 is 0. The van der Waals surface area contributed by atoms with Crippen molar-refractivity contribution in [2.24, 2.45) is 4.99 Å². The van der Waals surface area contributed by atoms with Gasteiger partial charge in [-0.2, -0.15) is 5.10 Å². The Bertz CT molecular complexity index is 614. The molecule has 1 atom stereocenters. The summed E-state index contributed by atoms with van der Waals surface area (Å²) in [6.45, 7) is 6.06. The van der Waals surface area contributed by atoms with E-state index in [0.29, 0.717) is 13.2 Å². The fourth-order valence-electron chi connectivity index (χ4n) is 2.18. The molecule has 0 aliphatic rings. The van der Waals surface area contributed by atoms with Gasteiger partial charge in [-0.25, -0.2) is 9.67 Å². The van der Waals surface area contributed by atoms with Crippen molar-refractivity contribution in [2.45, 2.75) is 26.4 Å². The highest BCUT2D eigenvalue weighted by molar-refractivity contribution is 14.0. The monoisotopic (exact) mass is 443 g/mol. The van der Waals surface area contributed by atoms with E-state index in [2.05, 4.69) is 27.6 Å². The standard InChI is InChI=1S/C17H25N5O.HI/c1-4-18-17(20-14(2)13-23-3)19-12-15-10-11-22(21-15)16-8-6-5-7-9-16;/h5-11,14H,4,12-13H2,1-3H3,(H2,18,19,20);1H. The molecule has 0 amide bonds. The van der Waals surface area contributed by atoms with Gasteiger partial charge in [-0.1, -0.05) is 18.2 Å². The summed E-state index contributed by atoms with van der Waals surface area (Å²) in [5, 5.41) is 11.1. The Morgan fingerprint density at radius 1 is 1.29 bits per heavy atom. The minimum Gasteiger partial charge on any atom is -0.383 e. The molecule has 1 aromatic carbocycles. The van der Waals surface area contributed by atoms with Gasteiger partial charge in [0.1, 0.15) is 0 Å². The Hall–Kier alpha value is -1.61. The average molecular weight is 443 g/mol. The molecule has 132 valence electrons. The summed E-state index contributed by atoms with van der Waals surface area (Å²) in [6.07, 6.45) is 1.95. The molecule has 2 rings (SSSR count). The second-order valence-corrected chi connectivity index (χ2v) is 5.28. The number of benzene rings is 1. The number of guanidine groups is 1. The van der Waals surface area contributed by atoms with Crippen molar-refractivity contribution in [3.63, 3.8) is 0 Å². The number of hydrogen-bond donors (Lipinski definition) is 2. The van der Waals surface area contributed by atoms with E-state index in [1.807, 2.05) is 54.2 Å². The minimum absolute atomic E-state index is 0. The van der Waals surface area contributed by atoms with Crippen LogP contribution >= 0.6 is 24.0 Å². The summed E-state index contributed by atoms with van der Waals surface area (Å²) in [5.74, 6) is 0.770. The SMILES string of the molecule is CCNC(=NCc1ccn(-c2ccccc2)n1)NC(C)COC.I. The van der Waals surface area contributed by atoms with Gasteiger partial charge in [0.15, 0.2) is 5.96 Å². The number of halogens is 1. The molecule has 0 saturated heterocycles. The zero-order valence-corrected chi connectivity index (χ0v) is 16.7. The zero-order valence-electron chi connectivity index (χ0n) is 14.4. The maximum absolute atomic E-state index is 5.14. The molecule has 1 heterocycles. The summed E-state index contributed by atoms with van der Waals surface area (Å²) in [4.78, 5) is 4.58. The molecule has 7 heteroatoms. The topological polar surface area (TPSA) is 63.5 Å². The van der Waals surface area contributed by atoms with Crippen molar-refractivity contribution in [3.8, 4) is 5.69 Å². The van der Waals surface area contributed by atoms with Crippen molar-refractivity contribution in [2.75, 3.05) is 20.3 Å². The van der Waals surface area contributed by atoms with E-state index in [-0.39, 0.29) is 30.0 Å². The Labute approximate surface area is 160 Å². The molecule has 1 aromatic heterocycles. The van der Waals surface area contributed by atoms with Crippen molar-refractivity contribution in [3.05, 3.63) is 48.3 Å². The first-order chi connectivity index (χ1) is 11.2. The highest BCUT2D eigenvalue weighted by atomic mass is 127. The van der Waals surface area contributed by atoms with Crippen LogP contribution in [0.15, 0.2) is 47.6 Å². The molecule has 0 saturated carbocycles. The zero-order chi connectivity index (χ0) is 16.5. The maximum Gasteiger partial charge on any atom is 0.191 e. The highest BCUT2D eigenvalue weighted by Crippen LogP contribution is 2.07. The van der Waals surface area contributed by atoms with Crippen molar-refractivity contribution < 1.29 is 4.74 Å². The lowest BCUT2D eigenvalue weighted by atomic mass is 10.3. The highest BCUT2D eigenvalue weighted by Gasteiger charge is 2.05. The number of ether oxygens (including phenoxy) is 1. The van der Waals surface area contributed by atoms with Crippen molar-refractivity contribution in [1.82, 2.24) is 20.4 Å².